The van der Waals surface area contributed by atoms with Gasteiger partial charge >= 0.3 is 12.1 Å². The molecule has 0 saturated carbocycles. The summed E-state index contributed by atoms with van der Waals surface area (Å²) in [4.78, 5) is 11.8. The van der Waals surface area contributed by atoms with Gasteiger partial charge in [-0.2, -0.15) is 13.2 Å². The van der Waals surface area contributed by atoms with E-state index in [9.17, 15) is 18.0 Å². The van der Waals surface area contributed by atoms with Crippen molar-refractivity contribution < 1.29 is 27.8 Å². The van der Waals surface area contributed by atoms with E-state index in [0.29, 0.717) is 6.61 Å². The Bertz CT molecular complexity index is 270. The molecule has 1 N–H and O–H groups in total. The topological polar surface area (TPSA) is 49.8 Å². The molecule has 0 aromatic rings. The largest absolute Gasteiger partial charge is 0.480 e. The van der Waals surface area contributed by atoms with Crippen LogP contribution >= 0.6 is 0 Å². The van der Waals surface area contributed by atoms with Crippen LogP contribution in [0, 0.1) is 11.8 Å². The Kier molecular flexibility index (Phi) is 4.76. The van der Waals surface area contributed by atoms with Gasteiger partial charge in [-0.1, -0.05) is 0 Å². The minimum Gasteiger partial charge on any atom is -0.480 e. The molecule has 0 radical (unpaired) electrons. The van der Waals surface area contributed by atoms with E-state index in [2.05, 4.69) is 0 Å². The third-order valence-corrected chi connectivity index (χ3v) is 2.83. The van der Waals surface area contributed by atoms with Crippen LogP contribution in [0.5, 0.6) is 0 Å². The second-order valence-electron chi connectivity index (χ2n) is 4.16. The molecule has 0 aromatic carbocycles. The van der Waals surface area contributed by atoms with Crippen molar-refractivity contribution in [1.29, 1.82) is 0 Å². The lowest BCUT2D eigenvalue weighted by atomic mass is 9.96. The van der Waals surface area contributed by atoms with Crippen LogP contribution in [0.3, 0.4) is 0 Å². The molecule has 2 atom stereocenters. The molecule has 17 heavy (non-hydrogen) atoms. The molecule has 1 saturated heterocycles. The Morgan fingerprint density at radius 2 is 2.12 bits per heavy atom. The summed E-state index contributed by atoms with van der Waals surface area (Å²) in [6, 6.07) is 0. The molecule has 0 amide bonds. The lowest BCUT2D eigenvalue weighted by Gasteiger charge is -2.20. The van der Waals surface area contributed by atoms with Crippen molar-refractivity contribution in [3.8, 4) is 0 Å². The predicted molar refractivity (Wildman–Crippen MR) is 53.6 cm³/mol. The number of carboxylic acids is 1. The zero-order valence-corrected chi connectivity index (χ0v) is 9.54. The summed E-state index contributed by atoms with van der Waals surface area (Å²) in [7, 11) is 0. The third kappa shape index (κ3) is 4.16. The molecule has 1 aliphatic heterocycles. The molecule has 1 heterocycles. The molecular weight excluding hydrogens is 239 g/mol. The van der Waals surface area contributed by atoms with Crippen molar-refractivity contribution in [2.24, 2.45) is 11.8 Å². The summed E-state index contributed by atoms with van der Waals surface area (Å²) in [5, 5.41) is 8.57. The highest BCUT2D eigenvalue weighted by Crippen LogP contribution is 2.37. The van der Waals surface area contributed by atoms with Crippen LogP contribution in [0.1, 0.15) is 6.92 Å². The lowest BCUT2D eigenvalue weighted by Crippen LogP contribution is -2.32. The molecule has 1 aliphatic rings. The van der Waals surface area contributed by atoms with Gasteiger partial charge in [-0.3, -0.25) is 9.69 Å². The summed E-state index contributed by atoms with van der Waals surface area (Å²) in [5.41, 5.74) is 0. The first-order chi connectivity index (χ1) is 7.84. The van der Waals surface area contributed by atoms with E-state index in [1.54, 1.807) is 6.92 Å². The van der Waals surface area contributed by atoms with Crippen LogP contribution in [-0.2, 0) is 9.53 Å². The fourth-order valence-corrected chi connectivity index (χ4v) is 2.09. The number of rotatable bonds is 5. The van der Waals surface area contributed by atoms with Gasteiger partial charge in [0, 0.05) is 25.6 Å². The molecule has 4 nitrogen and oxygen atoms in total. The SMILES string of the molecule is CCOC[C@H]1CN(CC(=O)O)C[C@H]1C(F)(F)F. The van der Waals surface area contributed by atoms with Gasteiger partial charge in [0.2, 0.25) is 0 Å². The van der Waals surface area contributed by atoms with E-state index in [1.807, 2.05) is 0 Å². The average Bonchev–Trinajstić information content (AvgIpc) is 2.56. The maximum Gasteiger partial charge on any atom is 0.393 e. The monoisotopic (exact) mass is 255 g/mol. The van der Waals surface area contributed by atoms with Crippen molar-refractivity contribution in [2.45, 2.75) is 13.1 Å². The Labute approximate surface area is 97.3 Å². The second kappa shape index (κ2) is 5.68. The van der Waals surface area contributed by atoms with Gasteiger partial charge < -0.3 is 9.84 Å². The number of aliphatic carboxylic acids is 1. The van der Waals surface area contributed by atoms with Crippen molar-refractivity contribution >= 4 is 5.97 Å². The summed E-state index contributed by atoms with van der Waals surface area (Å²) in [6.07, 6.45) is -4.30. The molecular formula is C10H16F3NO3. The number of alkyl halides is 3. The van der Waals surface area contributed by atoms with Gasteiger partial charge in [0.25, 0.3) is 0 Å². The number of carboxylic acid groups (broad SMARTS) is 1. The van der Waals surface area contributed by atoms with E-state index in [1.165, 1.54) is 4.90 Å². The molecule has 0 aromatic heterocycles. The van der Waals surface area contributed by atoms with Crippen LogP contribution in [0.15, 0.2) is 0 Å². The van der Waals surface area contributed by atoms with Gasteiger partial charge in [0.15, 0.2) is 0 Å². The standard InChI is InChI=1S/C10H16F3NO3/c1-2-17-6-7-3-14(5-9(15)16)4-8(7)10(11,12)13/h7-8H,2-6H2,1H3,(H,15,16)/t7-,8-/m1/s1. The quantitative estimate of drug-likeness (QED) is 0.802. The highest BCUT2D eigenvalue weighted by Gasteiger charge is 2.49. The van der Waals surface area contributed by atoms with E-state index in [0.717, 1.165) is 0 Å². The van der Waals surface area contributed by atoms with Crippen molar-refractivity contribution in [2.75, 3.05) is 32.8 Å². The van der Waals surface area contributed by atoms with Gasteiger partial charge in [-0.15, -0.1) is 0 Å². The zero-order chi connectivity index (χ0) is 13.1. The second-order valence-corrected chi connectivity index (χ2v) is 4.16. The Morgan fingerprint density at radius 1 is 1.47 bits per heavy atom. The number of hydrogen-bond donors (Lipinski definition) is 1. The lowest BCUT2D eigenvalue weighted by molar-refractivity contribution is -0.184. The van der Waals surface area contributed by atoms with E-state index in [-0.39, 0.29) is 26.2 Å². The highest BCUT2D eigenvalue weighted by molar-refractivity contribution is 5.69. The first kappa shape index (κ1) is 14.2. The molecule has 0 aliphatic carbocycles. The highest BCUT2D eigenvalue weighted by atomic mass is 19.4. The third-order valence-electron chi connectivity index (χ3n) is 2.83. The van der Waals surface area contributed by atoms with E-state index >= 15 is 0 Å². The van der Waals surface area contributed by atoms with Gasteiger partial charge in [0.05, 0.1) is 19.1 Å². The Hall–Kier alpha value is -0.820. The Balaban J connectivity index is 2.62. The number of likely N-dealkylation sites (tertiary alicyclic amines) is 1. The first-order valence-electron chi connectivity index (χ1n) is 5.43. The van der Waals surface area contributed by atoms with E-state index in [4.69, 9.17) is 9.84 Å². The molecule has 0 bridgehead atoms. The van der Waals surface area contributed by atoms with E-state index < -0.39 is 24.0 Å². The fraction of sp³-hybridized carbons (Fsp3) is 0.900. The normalized spacial score (nSPS) is 26.4. The van der Waals surface area contributed by atoms with Gasteiger partial charge in [-0.25, -0.2) is 0 Å². The summed E-state index contributed by atoms with van der Waals surface area (Å²) in [6.45, 7) is 1.61. The summed E-state index contributed by atoms with van der Waals surface area (Å²) < 4.78 is 43.2. The van der Waals surface area contributed by atoms with Crippen LogP contribution in [0.2, 0.25) is 0 Å². The number of hydrogen-bond acceptors (Lipinski definition) is 3. The smallest absolute Gasteiger partial charge is 0.393 e. The minimum absolute atomic E-state index is 0.0246. The summed E-state index contributed by atoms with van der Waals surface area (Å²) in [5.74, 6) is -3.27. The van der Waals surface area contributed by atoms with Crippen molar-refractivity contribution in [3.05, 3.63) is 0 Å². The summed E-state index contributed by atoms with van der Waals surface area (Å²) >= 11 is 0. The number of ether oxygens (including phenoxy) is 1. The Morgan fingerprint density at radius 3 is 2.59 bits per heavy atom. The number of halogens is 3. The van der Waals surface area contributed by atoms with Crippen LogP contribution in [-0.4, -0.2) is 55.0 Å². The van der Waals surface area contributed by atoms with Gasteiger partial charge in [0.1, 0.15) is 0 Å². The number of carbonyl (C=O) groups is 1. The molecule has 0 spiro atoms. The molecule has 0 unspecified atom stereocenters. The maximum absolute atomic E-state index is 12.7. The van der Waals surface area contributed by atoms with Crippen LogP contribution in [0.25, 0.3) is 0 Å². The minimum atomic E-state index is -4.30. The molecule has 100 valence electrons. The number of nitrogens with zero attached hydrogens (tertiary/aromatic N) is 1. The molecule has 1 rings (SSSR count). The average molecular weight is 255 g/mol. The van der Waals surface area contributed by atoms with Crippen LogP contribution < -0.4 is 0 Å². The van der Waals surface area contributed by atoms with Gasteiger partial charge in [-0.05, 0) is 6.92 Å². The zero-order valence-electron chi connectivity index (χ0n) is 9.54. The molecule has 1 fully saturated rings. The van der Waals surface area contributed by atoms with Crippen LogP contribution in [0.4, 0.5) is 13.2 Å². The van der Waals surface area contributed by atoms with Crippen molar-refractivity contribution in [3.63, 3.8) is 0 Å². The fourth-order valence-electron chi connectivity index (χ4n) is 2.09. The molecule has 7 heteroatoms. The van der Waals surface area contributed by atoms with Crippen molar-refractivity contribution in [1.82, 2.24) is 4.90 Å². The predicted octanol–water partition coefficient (Wildman–Crippen LogP) is 1.22. The first-order valence-corrected chi connectivity index (χ1v) is 5.43. The maximum atomic E-state index is 12.7.